The molecular formula is C12H19ClFN3. The largest absolute Gasteiger partial charge is 0.397 e. The maximum atomic E-state index is 14.1. The van der Waals surface area contributed by atoms with Gasteiger partial charge in [-0.1, -0.05) is 25.4 Å². The number of benzene rings is 1. The third-order valence-corrected chi connectivity index (χ3v) is 3.47. The van der Waals surface area contributed by atoms with E-state index in [2.05, 4.69) is 13.8 Å². The van der Waals surface area contributed by atoms with Gasteiger partial charge in [0, 0.05) is 13.1 Å². The molecule has 4 N–H and O–H groups in total. The molecular weight excluding hydrogens is 241 g/mol. The molecule has 0 spiro atoms. The van der Waals surface area contributed by atoms with Crippen molar-refractivity contribution >= 4 is 28.7 Å². The summed E-state index contributed by atoms with van der Waals surface area (Å²) in [5.41, 5.74) is 12.2. The molecule has 3 nitrogen and oxygen atoms in total. The molecule has 96 valence electrons. The normalized spacial score (nSPS) is 10.9. The Kier molecular flexibility index (Phi) is 4.46. The van der Waals surface area contributed by atoms with Crippen LogP contribution in [0.2, 0.25) is 5.02 Å². The second-order valence-corrected chi connectivity index (χ2v) is 4.49. The van der Waals surface area contributed by atoms with E-state index in [0.717, 1.165) is 12.8 Å². The Morgan fingerprint density at radius 1 is 1.29 bits per heavy atom. The lowest BCUT2D eigenvalue weighted by atomic mass is 10.1. The predicted octanol–water partition coefficient (Wildman–Crippen LogP) is 3.27. The SMILES string of the molecule is CCC(CC)N(C)c1c(N)cc(N)c(Cl)c1F. The first-order valence-electron chi connectivity index (χ1n) is 5.69. The van der Waals surface area contributed by atoms with Gasteiger partial charge in [-0.3, -0.25) is 0 Å². The summed E-state index contributed by atoms with van der Waals surface area (Å²) >= 11 is 5.81. The van der Waals surface area contributed by atoms with Crippen molar-refractivity contribution in [1.82, 2.24) is 0 Å². The predicted molar refractivity (Wildman–Crippen MR) is 73.0 cm³/mol. The van der Waals surface area contributed by atoms with Gasteiger partial charge in [0.05, 0.1) is 17.1 Å². The van der Waals surface area contributed by atoms with E-state index in [1.165, 1.54) is 6.07 Å². The fourth-order valence-corrected chi connectivity index (χ4v) is 2.18. The molecule has 0 unspecified atom stereocenters. The minimum Gasteiger partial charge on any atom is -0.397 e. The number of nitrogens with zero attached hydrogens (tertiary/aromatic N) is 1. The zero-order chi connectivity index (χ0) is 13.2. The molecule has 0 saturated carbocycles. The molecule has 1 aromatic carbocycles. The molecule has 0 saturated heterocycles. The standard InChI is InChI=1S/C12H19ClFN3/c1-4-7(5-2)17(3)12-9(16)6-8(15)10(13)11(12)14/h6-7H,4-5,15-16H2,1-3H3. The van der Waals surface area contributed by atoms with Crippen LogP contribution in [0.15, 0.2) is 6.07 Å². The number of hydrogen-bond acceptors (Lipinski definition) is 3. The highest BCUT2D eigenvalue weighted by atomic mass is 35.5. The van der Waals surface area contributed by atoms with Crippen LogP contribution in [0.3, 0.4) is 0 Å². The smallest absolute Gasteiger partial charge is 0.169 e. The molecule has 0 atom stereocenters. The topological polar surface area (TPSA) is 55.3 Å². The molecule has 17 heavy (non-hydrogen) atoms. The summed E-state index contributed by atoms with van der Waals surface area (Å²) in [6.07, 6.45) is 1.82. The number of rotatable bonds is 4. The van der Waals surface area contributed by atoms with Gasteiger partial charge in [0.1, 0.15) is 5.02 Å². The Balaban J connectivity index is 3.26. The van der Waals surface area contributed by atoms with Gasteiger partial charge in [0.15, 0.2) is 5.82 Å². The van der Waals surface area contributed by atoms with Crippen molar-refractivity contribution in [2.24, 2.45) is 0 Å². The Morgan fingerprint density at radius 2 is 1.82 bits per heavy atom. The van der Waals surface area contributed by atoms with Gasteiger partial charge in [-0.2, -0.15) is 0 Å². The van der Waals surface area contributed by atoms with E-state index in [1.54, 1.807) is 0 Å². The third-order valence-electron chi connectivity index (χ3n) is 3.08. The van der Waals surface area contributed by atoms with Crippen LogP contribution in [0.4, 0.5) is 21.5 Å². The van der Waals surface area contributed by atoms with E-state index in [0.29, 0.717) is 11.4 Å². The van der Waals surface area contributed by atoms with Crippen LogP contribution in [0, 0.1) is 5.82 Å². The zero-order valence-electron chi connectivity index (χ0n) is 10.4. The maximum Gasteiger partial charge on any atom is 0.169 e. The first kappa shape index (κ1) is 13.9. The number of hydrogen-bond donors (Lipinski definition) is 2. The molecule has 0 bridgehead atoms. The fraction of sp³-hybridized carbons (Fsp3) is 0.500. The van der Waals surface area contributed by atoms with E-state index in [-0.39, 0.29) is 16.8 Å². The van der Waals surface area contributed by atoms with Crippen LogP contribution in [-0.4, -0.2) is 13.1 Å². The van der Waals surface area contributed by atoms with Gasteiger partial charge in [-0.25, -0.2) is 4.39 Å². The molecule has 1 rings (SSSR count). The first-order valence-corrected chi connectivity index (χ1v) is 6.07. The second-order valence-electron chi connectivity index (χ2n) is 4.11. The number of anilines is 3. The lowest BCUT2D eigenvalue weighted by molar-refractivity contribution is 0.567. The Morgan fingerprint density at radius 3 is 2.29 bits per heavy atom. The summed E-state index contributed by atoms with van der Waals surface area (Å²) in [6, 6.07) is 1.73. The summed E-state index contributed by atoms with van der Waals surface area (Å²) in [6.45, 7) is 4.11. The van der Waals surface area contributed by atoms with Gasteiger partial charge in [0.2, 0.25) is 0 Å². The molecule has 0 amide bonds. The van der Waals surface area contributed by atoms with Crippen molar-refractivity contribution in [1.29, 1.82) is 0 Å². The lowest BCUT2D eigenvalue weighted by Crippen LogP contribution is -2.31. The number of nitrogen functional groups attached to an aromatic ring is 2. The molecule has 0 aromatic heterocycles. The van der Waals surface area contributed by atoms with Crippen LogP contribution in [0.25, 0.3) is 0 Å². The average Bonchev–Trinajstić information content (AvgIpc) is 2.28. The quantitative estimate of drug-likeness (QED) is 0.816. The van der Waals surface area contributed by atoms with E-state index < -0.39 is 5.82 Å². The molecule has 5 heteroatoms. The third kappa shape index (κ3) is 2.57. The molecule has 1 aromatic rings. The highest BCUT2D eigenvalue weighted by Gasteiger charge is 2.21. The molecule has 0 aliphatic heterocycles. The molecule has 0 aliphatic rings. The van der Waals surface area contributed by atoms with E-state index >= 15 is 0 Å². The fourth-order valence-electron chi connectivity index (χ4n) is 2.03. The highest BCUT2D eigenvalue weighted by Crippen LogP contribution is 2.36. The second kappa shape index (κ2) is 5.45. The molecule has 0 heterocycles. The van der Waals surface area contributed by atoms with Crippen LogP contribution < -0.4 is 16.4 Å². The highest BCUT2D eigenvalue weighted by molar-refractivity contribution is 6.33. The molecule has 0 aliphatic carbocycles. The van der Waals surface area contributed by atoms with Gasteiger partial charge < -0.3 is 16.4 Å². The molecule has 0 fully saturated rings. The summed E-state index contributed by atoms with van der Waals surface area (Å²) in [7, 11) is 1.82. The Hall–Kier alpha value is -1.16. The number of halogens is 2. The van der Waals surface area contributed by atoms with Gasteiger partial charge in [-0.05, 0) is 18.9 Å². The van der Waals surface area contributed by atoms with Crippen molar-refractivity contribution in [3.05, 3.63) is 16.9 Å². The molecule has 0 radical (unpaired) electrons. The van der Waals surface area contributed by atoms with Crippen LogP contribution >= 0.6 is 11.6 Å². The van der Waals surface area contributed by atoms with Crippen molar-refractivity contribution in [3.8, 4) is 0 Å². The van der Waals surface area contributed by atoms with E-state index in [1.807, 2.05) is 11.9 Å². The summed E-state index contributed by atoms with van der Waals surface area (Å²) in [5, 5.41) is -0.0630. The van der Waals surface area contributed by atoms with Crippen LogP contribution in [0.1, 0.15) is 26.7 Å². The lowest BCUT2D eigenvalue weighted by Gasteiger charge is -2.30. The average molecular weight is 260 g/mol. The maximum absolute atomic E-state index is 14.1. The van der Waals surface area contributed by atoms with Crippen LogP contribution in [0.5, 0.6) is 0 Å². The Labute approximate surface area is 107 Å². The minimum atomic E-state index is -0.543. The van der Waals surface area contributed by atoms with Crippen molar-refractivity contribution in [2.45, 2.75) is 32.7 Å². The van der Waals surface area contributed by atoms with Crippen molar-refractivity contribution in [3.63, 3.8) is 0 Å². The zero-order valence-corrected chi connectivity index (χ0v) is 11.2. The monoisotopic (exact) mass is 259 g/mol. The summed E-state index contributed by atoms with van der Waals surface area (Å²) in [5.74, 6) is -0.543. The van der Waals surface area contributed by atoms with Gasteiger partial charge in [0.25, 0.3) is 0 Å². The van der Waals surface area contributed by atoms with Gasteiger partial charge >= 0.3 is 0 Å². The van der Waals surface area contributed by atoms with Crippen LogP contribution in [-0.2, 0) is 0 Å². The Bertz CT molecular complexity index is 405. The minimum absolute atomic E-state index is 0.0630. The summed E-state index contributed by atoms with van der Waals surface area (Å²) in [4.78, 5) is 1.83. The van der Waals surface area contributed by atoms with Crippen molar-refractivity contribution < 1.29 is 4.39 Å². The number of nitrogens with two attached hydrogens (primary N) is 2. The van der Waals surface area contributed by atoms with E-state index in [9.17, 15) is 4.39 Å². The van der Waals surface area contributed by atoms with Crippen molar-refractivity contribution in [2.75, 3.05) is 23.4 Å². The first-order chi connectivity index (χ1) is 7.93. The van der Waals surface area contributed by atoms with E-state index in [4.69, 9.17) is 23.1 Å². The summed E-state index contributed by atoms with van der Waals surface area (Å²) < 4.78 is 14.1. The van der Waals surface area contributed by atoms with Gasteiger partial charge in [-0.15, -0.1) is 0 Å².